The number of nitrogens with one attached hydrogen (secondary N) is 1. The van der Waals surface area contributed by atoms with Crippen molar-refractivity contribution in [3.05, 3.63) is 34.9 Å². The summed E-state index contributed by atoms with van der Waals surface area (Å²) in [5, 5.41) is 2.22. The van der Waals surface area contributed by atoms with E-state index in [0.29, 0.717) is 63.3 Å². The first-order valence-corrected chi connectivity index (χ1v) is 13.0. The molecule has 198 valence electrons. The maximum absolute atomic E-state index is 13.4. The normalized spacial score (nSPS) is 25.4. The number of carbonyl (C=O) groups is 5. The van der Waals surface area contributed by atoms with Crippen LogP contribution in [0.2, 0.25) is 0 Å². The predicted molar refractivity (Wildman–Crippen MR) is 131 cm³/mol. The van der Waals surface area contributed by atoms with Gasteiger partial charge in [-0.25, -0.2) is 0 Å². The van der Waals surface area contributed by atoms with Gasteiger partial charge >= 0.3 is 0 Å². The van der Waals surface area contributed by atoms with Crippen molar-refractivity contribution in [1.82, 2.24) is 20.0 Å². The summed E-state index contributed by atoms with van der Waals surface area (Å²) >= 11 is 0. The molecule has 2 atom stereocenters. The fourth-order valence-corrected chi connectivity index (χ4v) is 5.65. The lowest BCUT2D eigenvalue weighted by atomic mass is 10.0. The van der Waals surface area contributed by atoms with E-state index in [1.807, 2.05) is 11.0 Å². The van der Waals surface area contributed by atoms with Gasteiger partial charge in [0.15, 0.2) is 0 Å². The van der Waals surface area contributed by atoms with Crippen LogP contribution in [0.5, 0.6) is 0 Å². The summed E-state index contributed by atoms with van der Waals surface area (Å²) in [5.74, 6) is -1.89. The zero-order valence-electron chi connectivity index (χ0n) is 20.8. The van der Waals surface area contributed by atoms with Gasteiger partial charge in [-0.1, -0.05) is 12.1 Å². The number of carbonyl (C=O) groups excluding carboxylic acids is 5. The molecule has 5 amide bonds. The van der Waals surface area contributed by atoms with Gasteiger partial charge in [-0.2, -0.15) is 0 Å². The highest BCUT2D eigenvalue weighted by molar-refractivity contribution is 6.24. The van der Waals surface area contributed by atoms with Crippen molar-refractivity contribution in [3.63, 3.8) is 0 Å². The average Bonchev–Trinajstić information content (AvgIpc) is 3.14. The SMILES string of the molecule is NC1CCN(C(=O)CC[C@@H]2CN(Cc3cccc4c3C(=O)N(C3CCC(=O)NC3=O)C4=O)CCO2)CC1. The summed E-state index contributed by atoms with van der Waals surface area (Å²) in [6, 6.07) is 4.36. The predicted octanol–water partition coefficient (Wildman–Crippen LogP) is 0.0185. The number of piperidine rings is 2. The van der Waals surface area contributed by atoms with Crippen molar-refractivity contribution in [2.24, 2.45) is 5.73 Å². The molecule has 3 fully saturated rings. The second-order valence-electron chi connectivity index (χ2n) is 10.3. The fraction of sp³-hybridized carbons (Fsp3) is 0.577. The first-order chi connectivity index (χ1) is 17.8. The Morgan fingerprint density at radius 1 is 1.05 bits per heavy atom. The number of imide groups is 2. The Kier molecular flexibility index (Phi) is 7.36. The summed E-state index contributed by atoms with van der Waals surface area (Å²) in [5.41, 5.74) is 7.25. The largest absolute Gasteiger partial charge is 0.376 e. The number of rotatable bonds is 6. The van der Waals surface area contributed by atoms with Gasteiger partial charge < -0.3 is 15.4 Å². The molecule has 1 aromatic rings. The van der Waals surface area contributed by atoms with Crippen LogP contribution in [0.15, 0.2) is 18.2 Å². The number of likely N-dealkylation sites (tertiary alicyclic amines) is 1. The number of benzene rings is 1. The van der Waals surface area contributed by atoms with Crippen LogP contribution in [0.4, 0.5) is 0 Å². The smallest absolute Gasteiger partial charge is 0.262 e. The van der Waals surface area contributed by atoms with Gasteiger partial charge in [0, 0.05) is 51.6 Å². The summed E-state index contributed by atoms with van der Waals surface area (Å²) < 4.78 is 5.91. The van der Waals surface area contributed by atoms with Crippen molar-refractivity contribution >= 4 is 29.5 Å². The average molecular weight is 512 g/mol. The van der Waals surface area contributed by atoms with E-state index in [9.17, 15) is 24.0 Å². The minimum absolute atomic E-state index is 0.0830. The Balaban J connectivity index is 1.21. The lowest BCUT2D eigenvalue weighted by Gasteiger charge is -2.34. The number of ether oxygens (including phenoxy) is 1. The number of nitrogens with two attached hydrogens (primary N) is 1. The van der Waals surface area contributed by atoms with Crippen LogP contribution in [0, 0.1) is 0 Å². The molecule has 0 bridgehead atoms. The maximum atomic E-state index is 13.4. The van der Waals surface area contributed by atoms with E-state index in [1.165, 1.54) is 0 Å². The monoisotopic (exact) mass is 511 g/mol. The molecule has 0 aliphatic carbocycles. The molecule has 1 aromatic carbocycles. The summed E-state index contributed by atoms with van der Waals surface area (Å²) in [7, 11) is 0. The van der Waals surface area contributed by atoms with Gasteiger partial charge in [0.25, 0.3) is 11.8 Å². The van der Waals surface area contributed by atoms with Crippen LogP contribution >= 0.6 is 0 Å². The first-order valence-electron chi connectivity index (χ1n) is 13.0. The molecule has 3 N–H and O–H groups in total. The highest BCUT2D eigenvalue weighted by Crippen LogP contribution is 2.31. The van der Waals surface area contributed by atoms with E-state index in [2.05, 4.69) is 10.2 Å². The summed E-state index contributed by atoms with van der Waals surface area (Å²) in [6.07, 6.45) is 2.82. The Morgan fingerprint density at radius 3 is 2.59 bits per heavy atom. The van der Waals surface area contributed by atoms with Gasteiger partial charge in [-0.3, -0.25) is 39.1 Å². The van der Waals surface area contributed by atoms with Gasteiger partial charge in [-0.05, 0) is 37.3 Å². The molecule has 11 nitrogen and oxygen atoms in total. The van der Waals surface area contributed by atoms with Crippen molar-refractivity contribution < 1.29 is 28.7 Å². The van der Waals surface area contributed by atoms with E-state index in [-0.39, 0.29) is 36.5 Å². The van der Waals surface area contributed by atoms with Gasteiger partial charge in [0.2, 0.25) is 17.7 Å². The Morgan fingerprint density at radius 2 is 1.84 bits per heavy atom. The molecule has 0 aromatic heterocycles. The lowest BCUT2D eigenvalue weighted by molar-refractivity contribution is -0.136. The minimum Gasteiger partial charge on any atom is -0.376 e. The third-order valence-corrected chi connectivity index (χ3v) is 7.74. The van der Waals surface area contributed by atoms with Gasteiger partial charge in [-0.15, -0.1) is 0 Å². The molecule has 37 heavy (non-hydrogen) atoms. The van der Waals surface area contributed by atoms with Gasteiger partial charge in [0.05, 0.1) is 23.8 Å². The number of hydrogen-bond acceptors (Lipinski definition) is 8. The van der Waals surface area contributed by atoms with E-state index in [1.54, 1.807) is 12.1 Å². The number of morpholine rings is 1. The summed E-state index contributed by atoms with van der Waals surface area (Å²) in [4.78, 5) is 68.0. The van der Waals surface area contributed by atoms with E-state index < -0.39 is 29.7 Å². The molecule has 4 heterocycles. The van der Waals surface area contributed by atoms with E-state index in [4.69, 9.17) is 10.5 Å². The molecule has 4 aliphatic heterocycles. The van der Waals surface area contributed by atoms with Crippen LogP contribution in [-0.4, -0.2) is 95.2 Å². The second kappa shape index (κ2) is 10.7. The van der Waals surface area contributed by atoms with Crippen LogP contribution in [0.25, 0.3) is 0 Å². The molecule has 1 unspecified atom stereocenters. The zero-order valence-corrected chi connectivity index (χ0v) is 20.8. The molecule has 0 saturated carbocycles. The Hall–Kier alpha value is -3.15. The van der Waals surface area contributed by atoms with Crippen molar-refractivity contribution in [1.29, 1.82) is 0 Å². The molecular weight excluding hydrogens is 478 g/mol. The molecule has 5 rings (SSSR count). The van der Waals surface area contributed by atoms with Crippen molar-refractivity contribution in [2.75, 3.05) is 32.8 Å². The highest BCUT2D eigenvalue weighted by atomic mass is 16.5. The maximum Gasteiger partial charge on any atom is 0.262 e. The second-order valence-corrected chi connectivity index (χ2v) is 10.3. The first kappa shape index (κ1) is 25.5. The van der Waals surface area contributed by atoms with Crippen LogP contribution < -0.4 is 11.1 Å². The molecule has 0 radical (unpaired) electrons. The van der Waals surface area contributed by atoms with Crippen LogP contribution in [0.3, 0.4) is 0 Å². The fourth-order valence-electron chi connectivity index (χ4n) is 5.65. The minimum atomic E-state index is -0.987. The standard InChI is InChI=1S/C26H33N5O6/c27-17-8-10-30(11-9-17)22(33)7-4-18-15-29(12-13-37-18)14-16-2-1-3-19-23(16)26(36)31(25(19)35)20-5-6-21(32)28-24(20)34/h1-3,17-18,20H,4-15,27H2,(H,28,32,34)/t18-,20?/m1/s1. The third kappa shape index (κ3) is 5.29. The molecule has 4 aliphatic rings. The van der Waals surface area contributed by atoms with Crippen LogP contribution in [0.1, 0.15) is 64.8 Å². The Bertz CT molecular complexity index is 1110. The topological polar surface area (TPSA) is 142 Å². The zero-order chi connectivity index (χ0) is 26.1. The van der Waals surface area contributed by atoms with E-state index >= 15 is 0 Å². The number of nitrogens with zero attached hydrogens (tertiary/aromatic N) is 3. The highest BCUT2D eigenvalue weighted by Gasteiger charge is 2.45. The lowest BCUT2D eigenvalue weighted by Crippen LogP contribution is -2.54. The van der Waals surface area contributed by atoms with E-state index in [0.717, 1.165) is 17.7 Å². The molecule has 3 saturated heterocycles. The third-order valence-electron chi connectivity index (χ3n) is 7.74. The quantitative estimate of drug-likeness (QED) is 0.509. The van der Waals surface area contributed by atoms with Crippen molar-refractivity contribution in [2.45, 2.75) is 63.3 Å². The number of amides is 5. The van der Waals surface area contributed by atoms with Crippen LogP contribution in [-0.2, 0) is 25.7 Å². The molecular formula is C26H33N5O6. The van der Waals surface area contributed by atoms with Crippen molar-refractivity contribution in [3.8, 4) is 0 Å². The van der Waals surface area contributed by atoms with Gasteiger partial charge in [0.1, 0.15) is 6.04 Å². The Labute approximate surface area is 215 Å². The number of hydrogen-bond donors (Lipinski definition) is 2. The number of fused-ring (bicyclic) bond motifs is 1. The molecule has 11 heteroatoms. The summed E-state index contributed by atoms with van der Waals surface area (Å²) in [6.45, 7) is 3.65. The molecule has 0 spiro atoms.